The first-order valence-corrected chi connectivity index (χ1v) is 47.8. The fourth-order valence-electron chi connectivity index (χ4n) is 15.0. The zero-order valence-corrected chi connectivity index (χ0v) is 83.8. The minimum atomic E-state index is -3.92. The van der Waals surface area contributed by atoms with Crippen LogP contribution in [0.1, 0.15) is 287 Å². The predicted octanol–water partition coefficient (Wildman–Crippen LogP) is 12.2. The van der Waals surface area contributed by atoms with Crippen LogP contribution in [0.25, 0.3) is 0 Å². The molecule has 29 nitrogen and oxygen atoms in total. The van der Waals surface area contributed by atoms with E-state index in [2.05, 4.69) is 69.0 Å². The van der Waals surface area contributed by atoms with E-state index in [1.54, 1.807) is 14.0 Å². The number of fused-ring (bicyclic) bond motifs is 1. The minimum Gasteiger partial charge on any atom is -0.511 e. The number of carbonyl (C=O) groups excluding carboxylic acids is 9. The first kappa shape index (κ1) is 119. The van der Waals surface area contributed by atoms with Gasteiger partial charge >= 0.3 is 0 Å². The SMILES string of the molecule is CC(=O)[C@@H](N)CCCCN.CC(=O)[C@@H](N)CCCN=C(N)N.CC(C)CC(=NCCCCC(NC(C)C)C(=O)C(C)C)C1=C(O)CC(C)(C)CC1=O.CC(C)NC(CCC(=O)NC(c1ccccc1)(c1ccccc1)c1ccccc1)C(=O)C(C)C.CN[C@@H](C=O)CCC(N)=O.Cc1c(C)c(S(=O)(=O)NC(N)=NCCCC(NC(C)C)C(=O)C(C)C)c(C)c2c1OC(C)(C)C2. The number of ether oxygens (including phenoxy) is 1. The normalized spacial score (nSPS) is 15.0. The summed E-state index contributed by atoms with van der Waals surface area (Å²) in [5.41, 5.74) is 43.0. The zero-order chi connectivity index (χ0) is 99.1. The number of likely N-dealkylation sites (N-methyl/N-ethyl adjacent to an activating group) is 1. The highest BCUT2D eigenvalue weighted by molar-refractivity contribution is 7.90. The van der Waals surface area contributed by atoms with Crippen LogP contribution in [-0.2, 0) is 65.1 Å². The Morgan fingerprint density at radius 3 is 1.37 bits per heavy atom. The number of rotatable bonds is 48. The van der Waals surface area contributed by atoms with E-state index in [4.69, 9.17) is 49.9 Å². The van der Waals surface area contributed by atoms with Gasteiger partial charge in [-0.05, 0) is 184 Å². The average Bonchev–Trinajstić information content (AvgIpc) is 1.39. The van der Waals surface area contributed by atoms with Crippen LogP contribution < -0.4 is 76.2 Å². The van der Waals surface area contributed by atoms with Gasteiger partial charge in [-0.1, -0.05) is 208 Å². The summed E-state index contributed by atoms with van der Waals surface area (Å²) >= 11 is 0. The molecular weight excluding hydrogens is 1670 g/mol. The maximum Gasteiger partial charge on any atom is 0.264 e. The van der Waals surface area contributed by atoms with Gasteiger partial charge < -0.3 is 81.4 Å². The van der Waals surface area contributed by atoms with Crippen LogP contribution in [0, 0.1) is 49.9 Å². The zero-order valence-electron chi connectivity index (χ0n) is 82.9. The first-order chi connectivity index (χ1) is 60.7. The van der Waals surface area contributed by atoms with Gasteiger partial charge in [0.05, 0.1) is 46.7 Å². The second-order valence-corrected chi connectivity index (χ2v) is 39.3. The molecule has 21 N–H and O–H groups in total. The van der Waals surface area contributed by atoms with E-state index in [1.807, 2.05) is 202 Å². The van der Waals surface area contributed by atoms with Gasteiger partial charge in [0.15, 0.2) is 29.1 Å². The maximum absolute atomic E-state index is 13.5. The number of hydrogen-bond acceptors (Lipinski definition) is 23. The molecule has 0 radical (unpaired) electrons. The molecule has 130 heavy (non-hydrogen) atoms. The molecular formula is C100H166N16O13S. The Morgan fingerprint density at radius 1 is 0.546 bits per heavy atom. The Morgan fingerprint density at radius 2 is 0.969 bits per heavy atom. The van der Waals surface area contributed by atoms with Gasteiger partial charge in [-0.25, -0.2) is 13.1 Å². The molecule has 1 aliphatic carbocycles. The summed E-state index contributed by atoms with van der Waals surface area (Å²) in [5.74, 6) is 1.30. The Kier molecular flexibility index (Phi) is 54.8. The fourth-order valence-corrected chi connectivity index (χ4v) is 16.5. The number of unbranched alkanes of at least 4 members (excludes halogenated alkanes) is 2. The van der Waals surface area contributed by atoms with Crippen molar-refractivity contribution in [3.8, 4) is 5.75 Å². The van der Waals surface area contributed by atoms with Crippen molar-refractivity contribution in [3.05, 3.63) is 141 Å². The minimum absolute atomic E-state index is 0.000278. The van der Waals surface area contributed by atoms with Gasteiger partial charge in [0.1, 0.15) is 40.5 Å². The van der Waals surface area contributed by atoms with Crippen molar-refractivity contribution in [3.63, 3.8) is 0 Å². The van der Waals surface area contributed by atoms with Crippen LogP contribution in [0.2, 0.25) is 0 Å². The number of aliphatic hydroxyl groups is 1. The molecule has 1 heterocycles. The Hall–Kier alpha value is -9.27. The molecule has 0 bridgehead atoms. The summed E-state index contributed by atoms with van der Waals surface area (Å²) in [6.07, 6.45) is 12.3. The molecule has 0 saturated carbocycles. The number of guanidine groups is 2. The number of aldehydes is 1. The number of aliphatic imine (C=N–C) groups is 3. The Bertz CT molecular complexity index is 4310. The Labute approximate surface area is 778 Å². The molecule has 2 aliphatic rings. The third kappa shape index (κ3) is 43.8. The molecule has 2 amide bonds. The fraction of sp³-hybridized carbons (Fsp3) is 0.620. The average molecular weight is 1830 g/mol. The number of aliphatic hydroxyl groups excluding tert-OH is 1. The molecule has 0 aromatic heterocycles. The molecule has 730 valence electrons. The van der Waals surface area contributed by atoms with Crippen LogP contribution in [0.3, 0.4) is 0 Å². The number of nitrogens with zero attached hydrogens (tertiary/aromatic N) is 3. The summed E-state index contributed by atoms with van der Waals surface area (Å²) in [7, 11) is -2.26. The molecule has 6 atom stereocenters. The van der Waals surface area contributed by atoms with Crippen LogP contribution in [0.4, 0.5) is 0 Å². The maximum atomic E-state index is 13.5. The lowest BCUT2D eigenvalue weighted by molar-refractivity contribution is -0.126. The lowest BCUT2D eigenvalue weighted by Gasteiger charge is -2.37. The second kappa shape index (κ2) is 60.0. The van der Waals surface area contributed by atoms with Gasteiger partial charge in [-0.3, -0.25) is 53.3 Å². The van der Waals surface area contributed by atoms with E-state index in [-0.39, 0.29) is 165 Å². The highest BCUT2D eigenvalue weighted by Crippen LogP contribution is 2.44. The van der Waals surface area contributed by atoms with E-state index in [0.717, 1.165) is 90.5 Å². The van der Waals surface area contributed by atoms with E-state index in [1.165, 1.54) is 13.8 Å². The summed E-state index contributed by atoms with van der Waals surface area (Å²) in [5, 5.41) is 26.7. The van der Waals surface area contributed by atoms with Crippen molar-refractivity contribution >= 4 is 80.5 Å². The number of ketones is 6. The van der Waals surface area contributed by atoms with Crippen molar-refractivity contribution in [2.45, 2.75) is 345 Å². The Balaban J connectivity index is 0.000000834. The lowest BCUT2D eigenvalue weighted by Crippen LogP contribution is -2.49. The van der Waals surface area contributed by atoms with Crippen molar-refractivity contribution in [1.29, 1.82) is 0 Å². The summed E-state index contributed by atoms with van der Waals surface area (Å²) in [6.45, 7) is 46.5. The molecule has 0 saturated heterocycles. The number of nitrogens with two attached hydrogens (primary N) is 7. The summed E-state index contributed by atoms with van der Waals surface area (Å²) in [4.78, 5) is 118. The second-order valence-electron chi connectivity index (χ2n) is 37.7. The van der Waals surface area contributed by atoms with Crippen LogP contribution in [-0.4, -0.2) is 177 Å². The molecule has 1 aliphatic heterocycles. The quantitative estimate of drug-likeness (QED) is 0.00642. The largest absolute Gasteiger partial charge is 0.511 e. The molecule has 0 spiro atoms. The van der Waals surface area contributed by atoms with E-state index in [0.29, 0.717) is 107 Å². The van der Waals surface area contributed by atoms with Crippen molar-refractivity contribution < 1.29 is 61.4 Å². The third-order valence-electron chi connectivity index (χ3n) is 21.8. The van der Waals surface area contributed by atoms with Crippen LogP contribution >= 0.6 is 0 Å². The number of hydrogen-bond donors (Lipinski definition) is 14. The number of nitrogens with one attached hydrogen (secondary N) is 6. The molecule has 4 aromatic carbocycles. The summed E-state index contributed by atoms with van der Waals surface area (Å²) < 4.78 is 35.0. The van der Waals surface area contributed by atoms with Gasteiger partial charge in [0, 0.05) is 98.9 Å². The highest BCUT2D eigenvalue weighted by atomic mass is 32.2. The number of amides is 2. The monoisotopic (exact) mass is 1830 g/mol. The van der Waals surface area contributed by atoms with Gasteiger partial charge in [-0.2, -0.15) is 0 Å². The van der Waals surface area contributed by atoms with Gasteiger partial charge in [0.25, 0.3) is 10.0 Å². The topological polar surface area (TPSA) is 509 Å². The third-order valence-corrected chi connectivity index (χ3v) is 23.5. The standard InChI is InChI=1S/C30H36N2O2.C25H42N4O4S.C25H44N2O3.C7H16N4O.C7H16N2O.C6H12N2O2/c1-22(2)29(34)27(31-23(3)4)20-21-28(33)32-30(24-14-8-5-9-15-24,25-16-10-6-11-17-25)26-18-12-7-13-19-26;1-14(2)21(30)20(28-15(3)4)11-10-12-27-24(26)29-34(31,32)23-17(6)16(5)22-19(18(23)7)13-25(8,9)33-22;1-16(2)13-20(23-21(28)14-25(7,8)15-22(23)29)26-12-10-9-11-19(27-18(5)6)24(30)17(3)4;1-5(12)6(8)3-2-4-11-7(9)10;1-6(10)7(9)4-2-3-5-8;1-8-5(4-9)2-3-6(7)10/h5-19,22-23,27,31H,20-21H2,1-4H3,(H,32,33);14-15,20,28H,10-13H2,1-9H3,(H3,26,27,29);16-19,27-28H,9-15H2,1-8H3;6H,2-4,8H2,1H3,(H4,9,10,11);7H,2-5,8-9H2,1H3;4-5,8H,2-3H2,1H3,(H2,7,10)/t;;;6-;7-;5-/m...001/s1. The van der Waals surface area contributed by atoms with Crippen molar-refractivity contribution in [1.82, 2.24) is 31.3 Å². The molecule has 30 heteroatoms. The number of primary amides is 1. The number of Topliss-reactive ketones (excluding diaryl/α,β-unsaturated/α-hetero) is 6. The van der Waals surface area contributed by atoms with E-state index in [9.17, 15) is 56.7 Å². The smallest absolute Gasteiger partial charge is 0.264 e. The van der Waals surface area contributed by atoms with Gasteiger partial charge in [-0.15, -0.1) is 0 Å². The number of allylic oxidation sites excluding steroid dienone is 2. The van der Waals surface area contributed by atoms with E-state index < -0.39 is 15.6 Å². The number of sulfonamides is 1. The molecule has 4 aromatic rings. The number of carbonyl (C=O) groups is 9. The summed E-state index contributed by atoms with van der Waals surface area (Å²) in [6, 6.07) is 29.2. The highest BCUT2D eigenvalue weighted by Gasteiger charge is 2.41. The number of benzene rings is 4. The van der Waals surface area contributed by atoms with Crippen molar-refractivity contribution in [2.75, 3.05) is 33.2 Å². The van der Waals surface area contributed by atoms with Gasteiger partial charge in [0.2, 0.25) is 17.8 Å². The predicted molar refractivity (Wildman–Crippen MR) is 528 cm³/mol. The first-order valence-electron chi connectivity index (χ1n) is 46.4. The van der Waals surface area contributed by atoms with E-state index >= 15 is 0 Å². The van der Waals surface area contributed by atoms with Crippen LogP contribution in [0.15, 0.2) is 122 Å². The van der Waals surface area contributed by atoms with Crippen molar-refractivity contribution in [2.24, 2.45) is 84.2 Å². The van der Waals surface area contributed by atoms with Crippen LogP contribution in [0.5, 0.6) is 5.75 Å². The lowest BCUT2D eigenvalue weighted by atomic mass is 9.75. The molecule has 6 rings (SSSR count). The molecule has 0 fully saturated rings. The molecule has 3 unspecified atom stereocenters.